The number of carbonyl (C=O) groups excluding carboxylic acids is 1. The van der Waals surface area contributed by atoms with Gasteiger partial charge < -0.3 is 9.47 Å². The minimum Gasteiger partial charge on any atom is -0.349 e. The lowest BCUT2D eigenvalue weighted by molar-refractivity contribution is -0.196. The maximum Gasteiger partial charge on any atom is 0.416 e. The van der Waals surface area contributed by atoms with E-state index in [1.54, 1.807) is 0 Å². The molecule has 0 aromatic heterocycles. The van der Waals surface area contributed by atoms with E-state index in [2.05, 4.69) is 0 Å². The Balaban J connectivity index is 3.22. The molecule has 0 N–H and O–H groups in total. The summed E-state index contributed by atoms with van der Waals surface area (Å²) in [6, 6.07) is 0. The van der Waals surface area contributed by atoms with Gasteiger partial charge in [0.15, 0.2) is 0 Å². The molecule has 0 aromatic rings. The van der Waals surface area contributed by atoms with Crippen molar-refractivity contribution in [1.29, 1.82) is 0 Å². The number of methoxy groups -OCH3 is 2. The molecule has 1 atom stereocenters. The topological polar surface area (TPSA) is 35.5 Å². The molecule has 7 heteroatoms. The molecule has 17 heavy (non-hydrogen) atoms. The van der Waals surface area contributed by atoms with E-state index in [-0.39, 0.29) is 0 Å². The highest BCUT2D eigenvalue weighted by molar-refractivity contribution is 6.64. The number of hydrogen-bond acceptors (Lipinski definition) is 3. The Morgan fingerprint density at radius 1 is 1.41 bits per heavy atom. The predicted molar refractivity (Wildman–Crippen MR) is 54.4 cm³/mol. The van der Waals surface area contributed by atoms with Gasteiger partial charge in [0.05, 0.1) is 5.57 Å². The Morgan fingerprint density at radius 2 is 1.94 bits per heavy atom. The van der Waals surface area contributed by atoms with Crippen molar-refractivity contribution in [2.24, 2.45) is 5.92 Å². The van der Waals surface area contributed by atoms with Crippen molar-refractivity contribution in [3.63, 3.8) is 0 Å². The van der Waals surface area contributed by atoms with Gasteiger partial charge in [-0.25, -0.2) is 0 Å². The molecular formula is C10H10ClF3O3. The number of halogens is 4. The lowest BCUT2D eigenvalue weighted by Gasteiger charge is -2.35. The van der Waals surface area contributed by atoms with Crippen LogP contribution in [0.4, 0.5) is 13.2 Å². The summed E-state index contributed by atoms with van der Waals surface area (Å²) in [6.07, 6.45) is -2.04. The third kappa shape index (κ3) is 2.70. The molecule has 0 radical (unpaired) electrons. The van der Waals surface area contributed by atoms with Crippen molar-refractivity contribution in [2.45, 2.75) is 12.0 Å². The Morgan fingerprint density at radius 3 is 2.29 bits per heavy atom. The van der Waals surface area contributed by atoms with Crippen LogP contribution < -0.4 is 0 Å². The summed E-state index contributed by atoms with van der Waals surface area (Å²) in [7, 11) is 2.28. The Hall–Kier alpha value is -0.850. The summed E-state index contributed by atoms with van der Waals surface area (Å²) < 4.78 is 47.4. The summed E-state index contributed by atoms with van der Waals surface area (Å²) in [4.78, 5) is 11.1. The predicted octanol–water partition coefficient (Wildman–Crippen LogP) is 2.42. The number of ether oxygens (including phenoxy) is 2. The van der Waals surface area contributed by atoms with Crippen LogP contribution in [0.3, 0.4) is 0 Å². The van der Waals surface area contributed by atoms with Crippen molar-refractivity contribution in [3.05, 3.63) is 23.8 Å². The van der Waals surface area contributed by atoms with Crippen molar-refractivity contribution in [3.8, 4) is 0 Å². The lowest BCUT2D eigenvalue weighted by atomic mass is 9.91. The first-order valence-corrected chi connectivity index (χ1v) is 4.92. The number of allylic oxidation sites excluding steroid dienone is 2. The molecule has 1 unspecified atom stereocenters. The van der Waals surface area contributed by atoms with Gasteiger partial charge >= 0.3 is 6.18 Å². The van der Waals surface area contributed by atoms with Crippen LogP contribution >= 0.6 is 11.6 Å². The van der Waals surface area contributed by atoms with E-state index in [4.69, 9.17) is 21.1 Å². The van der Waals surface area contributed by atoms with Crippen LogP contribution in [0.15, 0.2) is 23.8 Å². The lowest BCUT2D eigenvalue weighted by Crippen LogP contribution is -2.44. The van der Waals surface area contributed by atoms with E-state index in [0.29, 0.717) is 6.08 Å². The van der Waals surface area contributed by atoms with Crippen LogP contribution in [0.5, 0.6) is 0 Å². The van der Waals surface area contributed by atoms with Gasteiger partial charge in [0.2, 0.25) is 11.0 Å². The third-order valence-electron chi connectivity index (χ3n) is 2.47. The first-order chi connectivity index (χ1) is 7.77. The van der Waals surface area contributed by atoms with Crippen LogP contribution in [0.25, 0.3) is 0 Å². The first-order valence-electron chi connectivity index (χ1n) is 4.54. The average molecular weight is 271 g/mol. The largest absolute Gasteiger partial charge is 0.416 e. The Bertz CT molecular complexity index is 369. The van der Waals surface area contributed by atoms with E-state index in [0.717, 1.165) is 26.4 Å². The second-order valence-corrected chi connectivity index (χ2v) is 3.74. The quantitative estimate of drug-likeness (QED) is 0.584. The van der Waals surface area contributed by atoms with Crippen molar-refractivity contribution in [1.82, 2.24) is 0 Å². The highest BCUT2D eigenvalue weighted by Crippen LogP contribution is 2.38. The SMILES string of the molecule is COC1(OC)C=C(C(F)(F)F)C=CC1C(=O)Cl. The minimum atomic E-state index is -4.54. The highest BCUT2D eigenvalue weighted by Gasteiger charge is 2.46. The zero-order valence-electron chi connectivity index (χ0n) is 9.05. The number of hydrogen-bond donors (Lipinski definition) is 0. The van der Waals surface area contributed by atoms with Gasteiger partial charge in [-0.3, -0.25) is 4.79 Å². The molecule has 0 aromatic carbocycles. The van der Waals surface area contributed by atoms with Crippen LogP contribution in [0.1, 0.15) is 0 Å². The van der Waals surface area contributed by atoms with E-state index in [1.165, 1.54) is 0 Å². The smallest absolute Gasteiger partial charge is 0.349 e. The van der Waals surface area contributed by atoms with E-state index < -0.39 is 28.7 Å². The molecule has 0 aliphatic heterocycles. The number of carbonyl (C=O) groups is 1. The summed E-state index contributed by atoms with van der Waals surface area (Å²) in [5.74, 6) is -2.94. The van der Waals surface area contributed by atoms with Gasteiger partial charge in [-0.1, -0.05) is 12.2 Å². The molecule has 0 fully saturated rings. The maximum absolute atomic E-state index is 12.5. The van der Waals surface area contributed by atoms with Crippen molar-refractivity contribution >= 4 is 16.8 Å². The highest BCUT2D eigenvalue weighted by atomic mass is 35.5. The van der Waals surface area contributed by atoms with Crippen molar-refractivity contribution < 1.29 is 27.4 Å². The van der Waals surface area contributed by atoms with Crippen LogP contribution in [0.2, 0.25) is 0 Å². The molecule has 3 nitrogen and oxygen atoms in total. The molecule has 0 amide bonds. The van der Waals surface area contributed by atoms with E-state index in [1.807, 2.05) is 0 Å². The number of rotatable bonds is 3. The maximum atomic E-state index is 12.5. The zero-order chi connectivity index (χ0) is 13.3. The summed E-state index contributed by atoms with van der Waals surface area (Å²) in [5, 5.41) is -0.859. The van der Waals surface area contributed by atoms with Gasteiger partial charge in [-0.2, -0.15) is 13.2 Å². The normalized spacial score (nSPS) is 23.4. The molecule has 0 bridgehead atoms. The fourth-order valence-corrected chi connectivity index (χ4v) is 1.78. The molecule has 1 aliphatic carbocycles. The van der Waals surface area contributed by atoms with Gasteiger partial charge in [-0.15, -0.1) is 0 Å². The molecular weight excluding hydrogens is 261 g/mol. The minimum absolute atomic E-state index is 0.706. The van der Waals surface area contributed by atoms with Gasteiger partial charge in [-0.05, 0) is 17.7 Å². The van der Waals surface area contributed by atoms with E-state index in [9.17, 15) is 18.0 Å². The first kappa shape index (κ1) is 14.2. The van der Waals surface area contributed by atoms with Crippen molar-refractivity contribution in [2.75, 3.05) is 14.2 Å². The molecule has 96 valence electrons. The monoisotopic (exact) mass is 270 g/mol. The molecule has 1 aliphatic rings. The summed E-state index contributed by atoms with van der Waals surface area (Å²) in [5.41, 5.74) is -0.949. The molecule has 0 saturated carbocycles. The van der Waals surface area contributed by atoms with E-state index >= 15 is 0 Å². The van der Waals surface area contributed by atoms with Gasteiger partial charge in [0.1, 0.15) is 5.92 Å². The third-order valence-corrected chi connectivity index (χ3v) is 2.70. The second-order valence-electron chi connectivity index (χ2n) is 3.37. The molecule has 0 heterocycles. The Labute approximate surface area is 101 Å². The Kier molecular flexibility index (Phi) is 4.01. The van der Waals surface area contributed by atoms with Crippen LogP contribution in [0, 0.1) is 5.92 Å². The zero-order valence-corrected chi connectivity index (χ0v) is 9.80. The molecule has 0 spiro atoms. The van der Waals surface area contributed by atoms with Gasteiger partial charge in [0, 0.05) is 14.2 Å². The van der Waals surface area contributed by atoms with Crippen LogP contribution in [-0.2, 0) is 14.3 Å². The number of alkyl halides is 3. The standard InChI is InChI=1S/C10H10ClF3O3/c1-16-9(17-2)5-6(10(12,13)14)3-4-7(9)8(11)15/h3-5,7H,1-2H3. The van der Waals surface area contributed by atoms with Gasteiger partial charge in [0.25, 0.3) is 0 Å². The fourth-order valence-electron chi connectivity index (χ4n) is 1.55. The summed E-state index contributed by atoms with van der Waals surface area (Å²) >= 11 is 5.30. The molecule has 1 rings (SSSR count). The second kappa shape index (κ2) is 4.80. The average Bonchev–Trinajstić information content (AvgIpc) is 2.26. The molecule has 0 saturated heterocycles. The summed E-state index contributed by atoms with van der Waals surface area (Å²) in [6.45, 7) is 0. The van der Waals surface area contributed by atoms with Crippen LogP contribution in [-0.4, -0.2) is 31.4 Å². The fraction of sp³-hybridized carbons (Fsp3) is 0.500.